The van der Waals surface area contributed by atoms with Crippen molar-refractivity contribution in [3.8, 4) is 0 Å². The molecule has 1 heterocycles. The Balaban J connectivity index is 2.07. The molecular weight excluding hydrogens is 412 g/mol. The third kappa shape index (κ3) is 3.76. The highest BCUT2D eigenvalue weighted by Gasteiger charge is 2.32. The molecule has 1 saturated carbocycles. The summed E-state index contributed by atoms with van der Waals surface area (Å²) in [4.78, 5) is 25.9. The molecule has 8 heteroatoms. The van der Waals surface area contributed by atoms with Gasteiger partial charge in [0.05, 0.1) is 6.26 Å². The molecule has 0 spiro atoms. The van der Waals surface area contributed by atoms with Crippen LogP contribution >= 0.6 is 11.6 Å². The van der Waals surface area contributed by atoms with Gasteiger partial charge in [0, 0.05) is 39.5 Å². The molecule has 1 fully saturated rings. The first-order chi connectivity index (χ1) is 13.8. The van der Waals surface area contributed by atoms with E-state index in [0.717, 1.165) is 37.5 Å². The summed E-state index contributed by atoms with van der Waals surface area (Å²) in [5, 5.41) is 1.16. The normalized spacial score (nSPS) is 17.7. The van der Waals surface area contributed by atoms with Gasteiger partial charge in [0.2, 0.25) is 10.0 Å². The number of halogens is 1. The Hall–Kier alpha value is -2.38. The molecule has 0 atom stereocenters. The fourth-order valence-corrected chi connectivity index (χ4v) is 4.91. The highest BCUT2D eigenvalue weighted by molar-refractivity contribution is 7.89. The quantitative estimate of drug-likeness (QED) is 0.790. The number of nitrogens with zero attached hydrogens (tertiary/aromatic N) is 1. The smallest absolute Gasteiger partial charge is 0.282 e. The van der Waals surface area contributed by atoms with Crippen LogP contribution in [-0.4, -0.2) is 30.9 Å². The number of sulfonamides is 1. The molecule has 0 unspecified atom stereocenters. The van der Waals surface area contributed by atoms with E-state index >= 15 is 0 Å². The zero-order valence-corrected chi connectivity index (χ0v) is 17.5. The third-order valence-corrected chi connectivity index (χ3v) is 6.21. The van der Waals surface area contributed by atoms with Crippen LogP contribution in [0.25, 0.3) is 16.5 Å². The van der Waals surface area contributed by atoms with Crippen LogP contribution in [0.2, 0.25) is 5.02 Å². The van der Waals surface area contributed by atoms with Crippen molar-refractivity contribution in [1.29, 1.82) is 0 Å². The summed E-state index contributed by atoms with van der Waals surface area (Å²) >= 11 is 6.25. The van der Waals surface area contributed by atoms with Gasteiger partial charge in [-0.1, -0.05) is 42.7 Å². The number of fused-ring (bicyclic) bond motifs is 1. The number of hydrogen-bond donors (Lipinski definition) is 1. The van der Waals surface area contributed by atoms with Crippen molar-refractivity contribution in [2.75, 3.05) is 6.26 Å². The van der Waals surface area contributed by atoms with Gasteiger partial charge < -0.3 is 4.57 Å². The molecule has 2 aromatic rings. The van der Waals surface area contributed by atoms with Gasteiger partial charge in [0.15, 0.2) is 5.78 Å². The second-order valence-corrected chi connectivity index (χ2v) is 9.72. The van der Waals surface area contributed by atoms with E-state index in [9.17, 15) is 18.0 Å². The second-order valence-electron chi connectivity index (χ2n) is 7.53. The first-order valence-electron chi connectivity index (χ1n) is 9.52. The number of amides is 1. The van der Waals surface area contributed by atoms with Crippen LogP contribution in [0.1, 0.15) is 54.2 Å². The van der Waals surface area contributed by atoms with Gasteiger partial charge in [-0.2, -0.15) is 0 Å². The molecular formula is C21H21ClN2O4S. The molecule has 0 bridgehead atoms. The van der Waals surface area contributed by atoms with Crippen LogP contribution < -0.4 is 4.72 Å². The Morgan fingerprint density at radius 2 is 1.97 bits per heavy atom. The average molecular weight is 433 g/mol. The number of allylic oxidation sites excluding steroid dienone is 4. The predicted octanol–water partition coefficient (Wildman–Crippen LogP) is 4.01. The fraction of sp³-hybridized carbons (Fsp3) is 0.333. The lowest BCUT2D eigenvalue weighted by molar-refractivity contribution is -0.113. The lowest BCUT2D eigenvalue weighted by Gasteiger charge is -2.18. The minimum absolute atomic E-state index is 0.0579. The molecule has 2 aliphatic carbocycles. The lowest BCUT2D eigenvalue weighted by atomic mass is 9.93. The monoisotopic (exact) mass is 432 g/mol. The zero-order chi connectivity index (χ0) is 20.8. The number of rotatable bonds is 4. The molecule has 1 aromatic heterocycles. The van der Waals surface area contributed by atoms with Crippen molar-refractivity contribution in [3.63, 3.8) is 0 Å². The zero-order valence-electron chi connectivity index (χ0n) is 15.9. The highest BCUT2D eigenvalue weighted by Crippen LogP contribution is 2.41. The Kier molecular flexibility index (Phi) is 5.12. The Bertz CT molecular complexity index is 1180. The molecule has 6 nitrogen and oxygen atoms in total. The first kappa shape index (κ1) is 19.9. The van der Waals surface area contributed by atoms with E-state index in [-0.39, 0.29) is 23.9 Å². The number of aromatic nitrogens is 1. The molecule has 2 aliphatic rings. The summed E-state index contributed by atoms with van der Waals surface area (Å²) in [5.41, 5.74) is 1.83. The van der Waals surface area contributed by atoms with Crippen molar-refractivity contribution in [2.45, 2.75) is 38.1 Å². The Morgan fingerprint density at radius 1 is 1.24 bits per heavy atom. The number of ketones is 1. The van der Waals surface area contributed by atoms with Crippen LogP contribution in [0, 0.1) is 0 Å². The van der Waals surface area contributed by atoms with Crippen LogP contribution in [0.15, 0.2) is 36.4 Å². The number of hydrogen-bond acceptors (Lipinski definition) is 4. The highest BCUT2D eigenvalue weighted by atomic mass is 35.5. The van der Waals surface area contributed by atoms with Gasteiger partial charge in [-0.05, 0) is 31.0 Å². The van der Waals surface area contributed by atoms with E-state index in [1.165, 1.54) is 0 Å². The number of carbonyl (C=O) groups excluding carboxylic acids is 2. The molecule has 1 amide bonds. The maximum Gasteiger partial charge on any atom is 0.282 e. The van der Waals surface area contributed by atoms with Crippen LogP contribution in [0.5, 0.6) is 0 Å². The molecule has 4 rings (SSSR count). The van der Waals surface area contributed by atoms with Gasteiger partial charge in [0.25, 0.3) is 5.91 Å². The van der Waals surface area contributed by atoms with Crippen molar-refractivity contribution >= 4 is 49.8 Å². The van der Waals surface area contributed by atoms with Gasteiger partial charge in [-0.25, -0.2) is 13.1 Å². The van der Waals surface area contributed by atoms with E-state index < -0.39 is 15.9 Å². The third-order valence-electron chi connectivity index (χ3n) is 5.42. The summed E-state index contributed by atoms with van der Waals surface area (Å²) in [5.74, 6) is -0.851. The fourth-order valence-electron chi connectivity index (χ4n) is 4.31. The van der Waals surface area contributed by atoms with Crippen molar-refractivity contribution in [2.24, 2.45) is 0 Å². The summed E-state index contributed by atoms with van der Waals surface area (Å²) < 4.78 is 27.6. The molecule has 29 heavy (non-hydrogen) atoms. The maximum atomic E-state index is 13.2. The lowest BCUT2D eigenvalue weighted by Crippen LogP contribution is -2.32. The number of carbonyl (C=O) groups is 2. The van der Waals surface area contributed by atoms with Gasteiger partial charge in [-0.15, -0.1) is 0 Å². The molecule has 152 valence electrons. The molecule has 0 aliphatic heterocycles. The predicted molar refractivity (Wildman–Crippen MR) is 114 cm³/mol. The average Bonchev–Trinajstić information content (AvgIpc) is 3.26. The SMILES string of the molecule is CS(=O)(=O)NC(=O)c1c(C2=CC=CCC2=O)c2cc(Cl)ccc2n1C1CCCC1. The van der Waals surface area contributed by atoms with E-state index in [4.69, 9.17) is 11.6 Å². The van der Waals surface area contributed by atoms with Crippen molar-refractivity contribution in [1.82, 2.24) is 9.29 Å². The summed E-state index contributed by atoms with van der Waals surface area (Å²) in [6, 6.07) is 5.37. The Labute approximate surface area is 174 Å². The van der Waals surface area contributed by atoms with Crippen LogP contribution in [0.3, 0.4) is 0 Å². The van der Waals surface area contributed by atoms with Gasteiger partial charge >= 0.3 is 0 Å². The van der Waals surface area contributed by atoms with E-state index in [1.807, 2.05) is 10.6 Å². The topological polar surface area (TPSA) is 85.2 Å². The van der Waals surface area contributed by atoms with E-state index in [1.54, 1.807) is 30.4 Å². The Morgan fingerprint density at radius 3 is 2.62 bits per heavy atom. The van der Waals surface area contributed by atoms with Crippen molar-refractivity contribution in [3.05, 3.63) is 52.7 Å². The van der Waals surface area contributed by atoms with Crippen molar-refractivity contribution < 1.29 is 18.0 Å². The largest absolute Gasteiger partial charge is 0.333 e. The summed E-state index contributed by atoms with van der Waals surface area (Å²) in [7, 11) is -3.78. The second kappa shape index (κ2) is 7.46. The number of nitrogens with one attached hydrogen (secondary N) is 1. The molecule has 1 aromatic carbocycles. The first-order valence-corrected chi connectivity index (χ1v) is 11.8. The maximum absolute atomic E-state index is 13.2. The van der Waals surface area contributed by atoms with Crippen LogP contribution in [-0.2, 0) is 14.8 Å². The molecule has 0 saturated heterocycles. The number of Topliss-reactive ketones (excluding diaryl/α,β-unsaturated/α-hetero) is 1. The summed E-state index contributed by atoms with van der Waals surface area (Å²) in [6.07, 6.45) is 10.2. The number of benzene rings is 1. The van der Waals surface area contributed by atoms with Gasteiger partial charge in [-0.3, -0.25) is 9.59 Å². The summed E-state index contributed by atoms with van der Waals surface area (Å²) in [6.45, 7) is 0. The molecule has 1 N–H and O–H groups in total. The van der Waals surface area contributed by atoms with Gasteiger partial charge in [0.1, 0.15) is 5.69 Å². The van der Waals surface area contributed by atoms with E-state index in [2.05, 4.69) is 4.72 Å². The minimum Gasteiger partial charge on any atom is -0.333 e. The standard InChI is InChI=1S/C21H21ClN2O4S/c1-29(27,28)23-21(26)20-19(15-8-4-5-9-18(15)25)16-12-13(22)10-11-17(16)24(20)14-6-2-3-7-14/h4-5,8,10-12,14H,2-3,6-7,9H2,1H3,(H,23,26). The van der Waals surface area contributed by atoms with Crippen LogP contribution in [0.4, 0.5) is 0 Å². The van der Waals surface area contributed by atoms with E-state index in [0.29, 0.717) is 21.5 Å². The minimum atomic E-state index is -3.78. The molecule has 0 radical (unpaired) electrons.